The normalized spacial score (nSPS) is 11.8. The van der Waals surface area contributed by atoms with Crippen LogP contribution in [-0.2, 0) is 23.1 Å². The molecule has 1 heterocycles. The van der Waals surface area contributed by atoms with Crippen molar-refractivity contribution < 1.29 is 21.6 Å². The molecule has 0 amide bonds. The van der Waals surface area contributed by atoms with Gasteiger partial charge in [-0.15, -0.1) is 0 Å². The summed E-state index contributed by atoms with van der Waals surface area (Å²) in [4.78, 5) is -0.134. The maximum absolute atomic E-state index is 13.4. The number of sulfonamides is 1. The van der Waals surface area contributed by atoms with Crippen molar-refractivity contribution in [3.05, 3.63) is 51.9 Å². The Morgan fingerprint density at radius 2 is 2.00 bits per heavy atom. The van der Waals surface area contributed by atoms with Gasteiger partial charge in [-0.25, -0.2) is 21.9 Å². The van der Waals surface area contributed by atoms with Crippen molar-refractivity contribution in [1.29, 1.82) is 0 Å². The minimum atomic E-state index is -3.91. The van der Waals surface area contributed by atoms with Crippen molar-refractivity contribution in [2.45, 2.75) is 18.0 Å². The van der Waals surface area contributed by atoms with Gasteiger partial charge in [-0.3, -0.25) is 0 Å². The summed E-state index contributed by atoms with van der Waals surface area (Å²) in [7, 11) is -3.91. The first-order chi connectivity index (χ1) is 9.83. The smallest absolute Gasteiger partial charge is 0.245 e. The number of nitrogens with two attached hydrogens (primary N) is 1. The summed E-state index contributed by atoms with van der Waals surface area (Å²) in [6.07, 6.45) is 0. The third-order valence-corrected chi connectivity index (χ3v) is 4.92. The number of benzene rings is 1. The molecule has 0 unspecified atom stereocenters. The Balaban J connectivity index is 2.19. The maximum atomic E-state index is 13.4. The summed E-state index contributed by atoms with van der Waals surface area (Å²) in [6, 6.07) is 4.17. The van der Waals surface area contributed by atoms with E-state index in [0.717, 1.165) is 6.07 Å². The lowest BCUT2D eigenvalue weighted by Gasteiger charge is -2.06. The molecule has 2 aromatic rings. The van der Waals surface area contributed by atoms with Gasteiger partial charge in [0.1, 0.15) is 22.3 Å². The van der Waals surface area contributed by atoms with Gasteiger partial charge in [0.15, 0.2) is 4.67 Å². The highest BCUT2D eigenvalue weighted by molar-refractivity contribution is 9.10. The van der Waals surface area contributed by atoms with Gasteiger partial charge in [0, 0.05) is 24.2 Å². The fourth-order valence-corrected chi connectivity index (χ4v) is 3.60. The number of furan rings is 1. The molecule has 1 aromatic heterocycles. The molecule has 0 aliphatic carbocycles. The lowest BCUT2D eigenvalue weighted by molar-refractivity contribution is 0.483. The minimum absolute atomic E-state index is 0.00929. The molecule has 0 fully saturated rings. The fourth-order valence-electron chi connectivity index (χ4n) is 1.60. The highest BCUT2D eigenvalue weighted by atomic mass is 79.9. The van der Waals surface area contributed by atoms with Crippen molar-refractivity contribution in [1.82, 2.24) is 4.72 Å². The van der Waals surface area contributed by atoms with Crippen molar-refractivity contribution in [2.24, 2.45) is 5.73 Å². The summed E-state index contributed by atoms with van der Waals surface area (Å²) >= 11 is 2.98. The number of halogens is 3. The van der Waals surface area contributed by atoms with Crippen LogP contribution >= 0.6 is 15.9 Å². The van der Waals surface area contributed by atoms with Crippen molar-refractivity contribution >= 4 is 26.0 Å². The minimum Gasteiger partial charge on any atom is -0.452 e. The van der Waals surface area contributed by atoms with E-state index >= 15 is 0 Å². The highest BCUT2D eigenvalue weighted by Crippen LogP contribution is 2.26. The van der Waals surface area contributed by atoms with Gasteiger partial charge < -0.3 is 10.2 Å². The first-order valence-corrected chi connectivity index (χ1v) is 8.03. The number of rotatable bonds is 5. The molecule has 0 radical (unpaired) electrons. The van der Waals surface area contributed by atoms with Crippen LogP contribution in [0.2, 0.25) is 0 Å². The predicted octanol–water partition coefficient (Wildman–Crippen LogP) is 2.26. The van der Waals surface area contributed by atoms with Crippen LogP contribution in [0.5, 0.6) is 0 Å². The molecular weight excluding hydrogens is 370 g/mol. The van der Waals surface area contributed by atoms with Crippen LogP contribution in [-0.4, -0.2) is 8.42 Å². The van der Waals surface area contributed by atoms with E-state index in [0.29, 0.717) is 6.07 Å². The molecule has 114 valence electrons. The average molecular weight is 381 g/mol. The molecule has 2 rings (SSSR count). The molecule has 21 heavy (non-hydrogen) atoms. The first-order valence-electron chi connectivity index (χ1n) is 5.75. The molecule has 9 heteroatoms. The van der Waals surface area contributed by atoms with E-state index in [1.54, 1.807) is 0 Å². The van der Waals surface area contributed by atoms with E-state index in [2.05, 4.69) is 20.7 Å². The van der Waals surface area contributed by atoms with E-state index in [1.165, 1.54) is 12.1 Å². The second kappa shape index (κ2) is 6.22. The second-order valence-electron chi connectivity index (χ2n) is 4.12. The third kappa shape index (κ3) is 3.67. The van der Waals surface area contributed by atoms with E-state index in [1.807, 2.05) is 0 Å². The Kier molecular flexibility index (Phi) is 4.77. The predicted molar refractivity (Wildman–Crippen MR) is 74.7 cm³/mol. The van der Waals surface area contributed by atoms with E-state index in [4.69, 9.17) is 10.2 Å². The van der Waals surface area contributed by atoms with Crippen LogP contribution in [0, 0.1) is 11.6 Å². The Labute approximate surface area is 128 Å². The van der Waals surface area contributed by atoms with Crippen molar-refractivity contribution in [2.75, 3.05) is 0 Å². The van der Waals surface area contributed by atoms with Gasteiger partial charge >= 0.3 is 0 Å². The van der Waals surface area contributed by atoms with Crippen molar-refractivity contribution in [3.63, 3.8) is 0 Å². The highest BCUT2D eigenvalue weighted by Gasteiger charge is 2.22. The summed E-state index contributed by atoms with van der Waals surface area (Å²) < 4.78 is 57.7. The molecule has 0 saturated carbocycles. The van der Waals surface area contributed by atoms with Crippen LogP contribution in [0.15, 0.2) is 38.2 Å². The molecule has 0 atom stereocenters. The molecule has 1 aromatic carbocycles. The summed E-state index contributed by atoms with van der Waals surface area (Å²) in [5.41, 5.74) is 5.39. The van der Waals surface area contributed by atoms with Gasteiger partial charge in [-0.1, -0.05) is 6.07 Å². The number of nitrogens with one attached hydrogen (secondary N) is 1. The third-order valence-electron chi connectivity index (χ3n) is 2.66. The zero-order valence-corrected chi connectivity index (χ0v) is 13.0. The molecule has 0 aliphatic rings. The van der Waals surface area contributed by atoms with E-state index in [-0.39, 0.29) is 34.0 Å². The van der Waals surface area contributed by atoms with Gasteiger partial charge in [-0.2, -0.15) is 0 Å². The van der Waals surface area contributed by atoms with Gasteiger partial charge in [-0.05, 0) is 22.0 Å². The molecular formula is C12H11BrF2N2O3S. The molecule has 0 bridgehead atoms. The summed E-state index contributed by atoms with van der Waals surface area (Å²) in [6.45, 7) is -0.273. The standard InChI is InChI=1S/C12H11BrF2N2O3S/c13-12-11(4-9(5-16)20-12)21(18,19)17-6-7-1-2-8(14)3-10(7)15/h1-4,17H,5-6,16H2. The second-order valence-corrected chi connectivity index (χ2v) is 6.57. The SMILES string of the molecule is NCc1cc(S(=O)(=O)NCc2ccc(F)cc2F)c(Br)o1. The topological polar surface area (TPSA) is 85.3 Å². The monoisotopic (exact) mass is 380 g/mol. The summed E-state index contributed by atoms with van der Waals surface area (Å²) in [5.74, 6) is -1.27. The zero-order chi connectivity index (χ0) is 15.6. The van der Waals surface area contributed by atoms with Gasteiger partial charge in [0.2, 0.25) is 10.0 Å². The van der Waals surface area contributed by atoms with E-state index in [9.17, 15) is 17.2 Å². The molecule has 0 spiro atoms. The number of hydrogen-bond acceptors (Lipinski definition) is 4. The van der Waals surface area contributed by atoms with Crippen LogP contribution in [0.4, 0.5) is 8.78 Å². The van der Waals surface area contributed by atoms with Crippen LogP contribution in [0.3, 0.4) is 0 Å². The lowest BCUT2D eigenvalue weighted by atomic mass is 10.2. The summed E-state index contributed by atoms with van der Waals surface area (Å²) in [5, 5.41) is 0. The van der Waals surface area contributed by atoms with E-state index < -0.39 is 21.7 Å². The molecule has 5 nitrogen and oxygen atoms in total. The Morgan fingerprint density at radius 1 is 1.29 bits per heavy atom. The first kappa shape index (κ1) is 16.1. The molecule has 0 aliphatic heterocycles. The van der Waals surface area contributed by atoms with Crippen molar-refractivity contribution in [3.8, 4) is 0 Å². The quantitative estimate of drug-likeness (QED) is 0.832. The Hall–Kier alpha value is -1.29. The van der Waals surface area contributed by atoms with Crippen LogP contribution in [0.25, 0.3) is 0 Å². The Bertz CT molecular complexity index is 762. The van der Waals surface area contributed by atoms with Crippen LogP contribution < -0.4 is 10.5 Å². The molecule has 0 saturated heterocycles. The Morgan fingerprint density at radius 3 is 2.57 bits per heavy atom. The van der Waals surface area contributed by atoms with Crippen LogP contribution in [0.1, 0.15) is 11.3 Å². The fraction of sp³-hybridized carbons (Fsp3) is 0.167. The maximum Gasteiger partial charge on any atom is 0.245 e. The average Bonchev–Trinajstić information content (AvgIpc) is 2.80. The zero-order valence-electron chi connectivity index (χ0n) is 10.6. The van der Waals surface area contributed by atoms with Gasteiger partial charge in [0.25, 0.3) is 0 Å². The number of hydrogen-bond donors (Lipinski definition) is 2. The largest absolute Gasteiger partial charge is 0.452 e. The van der Waals surface area contributed by atoms with Gasteiger partial charge in [0.05, 0.1) is 6.54 Å². The lowest BCUT2D eigenvalue weighted by Crippen LogP contribution is -2.23. The molecule has 3 N–H and O–H groups in total.